The summed E-state index contributed by atoms with van der Waals surface area (Å²) in [6, 6.07) is 0. The second-order valence-electron chi connectivity index (χ2n) is 4.39. The van der Waals surface area contributed by atoms with Crippen molar-refractivity contribution in [1.82, 2.24) is 15.5 Å². The third-order valence-corrected chi connectivity index (χ3v) is 3.23. The zero-order valence-electron chi connectivity index (χ0n) is 9.24. The van der Waals surface area contributed by atoms with Crippen LogP contribution in [0.2, 0.25) is 0 Å². The minimum atomic E-state index is 0.219. The van der Waals surface area contributed by atoms with Crippen molar-refractivity contribution in [1.29, 1.82) is 0 Å². The fourth-order valence-electron chi connectivity index (χ4n) is 2.33. The smallest absolute Gasteiger partial charge is 0.227 e. The molecule has 15 heavy (non-hydrogen) atoms. The van der Waals surface area contributed by atoms with E-state index in [-0.39, 0.29) is 5.92 Å². The highest BCUT2D eigenvalue weighted by Crippen LogP contribution is 2.14. The van der Waals surface area contributed by atoms with Gasteiger partial charge in [-0.05, 0) is 25.8 Å². The van der Waals surface area contributed by atoms with Crippen molar-refractivity contribution in [2.75, 3.05) is 39.3 Å². The number of nitrogens with one attached hydrogen (secondary N) is 1. The van der Waals surface area contributed by atoms with Crippen LogP contribution in [0.1, 0.15) is 19.3 Å². The number of amides is 1. The first-order valence-corrected chi connectivity index (χ1v) is 6.00. The Kier molecular flexibility index (Phi) is 3.97. The minimum absolute atomic E-state index is 0.219. The third kappa shape index (κ3) is 2.92. The zero-order valence-corrected chi connectivity index (χ0v) is 9.24. The van der Waals surface area contributed by atoms with Gasteiger partial charge in [-0.1, -0.05) is 0 Å². The molecule has 1 radical (unpaired) electrons. The predicted octanol–water partition coefficient (Wildman–Crippen LogP) is -0.177. The van der Waals surface area contributed by atoms with Crippen LogP contribution >= 0.6 is 0 Å². The number of carbonyl (C=O) groups is 1. The summed E-state index contributed by atoms with van der Waals surface area (Å²) in [7, 11) is 0. The molecule has 0 aromatic rings. The first-order valence-electron chi connectivity index (χ1n) is 6.00. The monoisotopic (exact) mass is 210 g/mol. The summed E-state index contributed by atoms with van der Waals surface area (Å²) >= 11 is 0. The maximum atomic E-state index is 12.2. The van der Waals surface area contributed by atoms with Crippen molar-refractivity contribution in [3.63, 3.8) is 0 Å². The van der Waals surface area contributed by atoms with E-state index in [2.05, 4.69) is 10.6 Å². The topological polar surface area (TPSA) is 46.4 Å². The molecule has 2 fully saturated rings. The molecule has 4 nitrogen and oxygen atoms in total. The zero-order chi connectivity index (χ0) is 10.5. The van der Waals surface area contributed by atoms with Crippen LogP contribution in [-0.4, -0.2) is 50.1 Å². The molecule has 0 bridgehead atoms. The average molecular weight is 210 g/mol. The number of hydrogen-bond donors (Lipinski definition) is 1. The van der Waals surface area contributed by atoms with Gasteiger partial charge < -0.3 is 10.2 Å². The fraction of sp³-hybridized carbons (Fsp3) is 0.909. The van der Waals surface area contributed by atoms with E-state index in [0.717, 1.165) is 58.5 Å². The summed E-state index contributed by atoms with van der Waals surface area (Å²) in [5.74, 6) is 0.566. The van der Waals surface area contributed by atoms with Crippen LogP contribution in [0.5, 0.6) is 0 Å². The molecule has 1 amide bonds. The summed E-state index contributed by atoms with van der Waals surface area (Å²) in [6.45, 7) is 5.42. The SMILES string of the molecule is O=C(C1CCCNC1)N1CCC[N]CC1. The van der Waals surface area contributed by atoms with E-state index >= 15 is 0 Å². The molecule has 2 rings (SSSR count). The molecule has 1 N–H and O–H groups in total. The van der Waals surface area contributed by atoms with E-state index in [0.29, 0.717) is 5.91 Å². The molecule has 2 aliphatic heterocycles. The lowest BCUT2D eigenvalue weighted by molar-refractivity contribution is -0.135. The predicted molar refractivity (Wildman–Crippen MR) is 58.7 cm³/mol. The summed E-state index contributed by atoms with van der Waals surface area (Å²) in [4.78, 5) is 14.2. The van der Waals surface area contributed by atoms with Crippen LogP contribution in [0, 0.1) is 5.92 Å². The van der Waals surface area contributed by atoms with E-state index in [1.165, 1.54) is 0 Å². The van der Waals surface area contributed by atoms with Gasteiger partial charge in [0.05, 0.1) is 5.92 Å². The Labute approximate surface area is 91.4 Å². The minimum Gasteiger partial charge on any atom is -0.341 e. The summed E-state index contributed by atoms with van der Waals surface area (Å²) in [5, 5.41) is 7.64. The van der Waals surface area contributed by atoms with Gasteiger partial charge in [0.2, 0.25) is 5.91 Å². The highest BCUT2D eigenvalue weighted by molar-refractivity contribution is 5.79. The van der Waals surface area contributed by atoms with Gasteiger partial charge in [0.1, 0.15) is 0 Å². The van der Waals surface area contributed by atoms with Crippen LogP contribution in [0.25, 0.3) is 0 Å². The Balaban J connectivity index is 1.87. The van der Waals surface area contributed by atoms with E-state index < -0.39 is 0 Å². The second-order valence-corrected chi connectivity index (χ2v) is 4.39. The van der Waals surface area contributed by atoms with E-state index in [1.807, 2.05) is 4.90 Å². The van der Waals surface area contributed by atoms with Crippen LogP contribution in [0.4, 0.5) is 0 Å². The Morgan fingerprint density at radius 3 is 3.00 bits per heavy atom. The van der Waals surface area contributed by atoms with Gasteiger partial charge in [-0.15, -0.1) is 0 Å². The van der Waals surface area contributed by atoms with Crippen molar-refractivity contribution >= 4 is 5.91 Å². The first-order chi connectivity index (χ1) is 7.38. The molecule has 2 saturated heterocycles. The van der Waals surface area contributed by atoms with Gasteiger partial charge in [-0.25, -0.2) is 5.32 Å². The Morgan fingerprint density at radius 2 is 2.20 bits per heavy atom. The van der Waals surface area contributed by atoms with Gasteiger partial charge in [0.25, 0.3) is 0 Å². The summed E-state index contributed by atoms with van der Waals surface area (Å²) < 4.78 is 0. The molecule has 0 aliphatic carbocycles. The van der Waals surface area contributed by atoms with Crippen LogP contribution in [0.3, 0.4) is 0 Å². The lowest BCUT2D eigenvalue weighted by atomic mass is 9.98. The Hall–Kier alpha value is -0.610. The van der Waals surface area contributed by atoms with Crippen molar-refractivity contribution in [3.05, 3.63) is 0 Å². The third-order valence-electron chi connectivity index (χ3n) is 3.23. The number of piperidine rings is 1. The van der Waals surface area contributed by atoms with Crippen molar-refractivity contribution in [2.45, 2.75) is 19.3 Å². The van der Waals surface area contributed by atoms with Crippen LogP contribution in [-0.2, 0) is 4.79 Å². The molecular formula is C11H20N3O. The van der Waals surface area contributed by atoms with Gasteiger partial charge in [-0.2, -0.15) is 0 Å². The normalized spacial score (nSPS) is 28.5. The maximum Gasteiger partial charge on any atom is 0.227 e. The van der Waals surface area contributed by atoms with Crippen molar-refractivity contribution in [3.8, 4) is 0 Å². The molecule has 4 heteroatoms. The molecule has 0 saturated carbocycles. The summed E-state index contributed by atoms with van der Waals surface area (Å²) in [5.41, 5.74) is 0. The van der Waals surface area contributed by atoms with Gasteiger partial charge in [-0.3, -0.25) is 4.79 Å². The molecule has 0 aromatic carbocycles. The quantitative estimate of drug-likeness (QED) is 0.653. The highest BCUT2D eigenvalue weighted by Gasteiger charge is 2.26. The summed E-state index contributed by atoms with van der Waals surface area (Å²) in [6.07, 6.45) is 3.22. The second kappa shape index (κ2) is 5.47. The largest absolute Gasteiger partial charge is 0.341 e. The maximum absolute atomic E-state index is 12.2. The molecule has 2 aliphatic rings. The molecule has 2 heterocycles. The molecule has 1 atom stereocenters. The van der Waals surface area contributed by atoms with Gasteiger partial charge in [0.15, 0.2) is 0 Å². The molecule has 0 spiro atoms. The number of nitrogens with zero attached hydrogens (tertiary/aromatic N) is 2. The average Bonchev–Trinajstić information content (AvgIpc) is 2.58. The van der Waals surface area contributed by atoms with Gasteiger partial charge >= 0.3 is 0 Å². The van der Waals surface area contributed by atoms with Gasteiger partial charge in [0, 0.05) is 32.7 Å². The lowest BCUT2D eigenvalue weighted by Crippen LogP contribution is -2.44. The lowest BCUT2D eigenvalue weighted by Gasteiger charge is -2.28. The molecular weight excluding hydrogens is 190 g/mol. The Morgan fingerprint density at radius 1 is 1.27 bits per heavy atom. The van der Waals surface area contributed by atoms with Crippen LogP contribution in [0.15, 0.2) is 0 Å². The first kappa shape index (κ1) is 10.9. The van der Waals surface area contributed by atoms with E-state index in [4.69, 9.17) is 0 Å². The van der Waals surface area contributed by atoms with Crippen molar-refractivity contribution in [2.24, 2.45) is 5.92 Å². The van der Waals surface area contributed by atoms with E-state index in [9.17, 15) is 4.79 Å². The number of hydrogen-bond acceptors (Lipinski definition) is 2. The number of carbonyl (C=O) groups excluding carboxylic acids is 1. The Bertz CT molecular complexity index is 206. The standard InChI is InChI=1S/C11H20N3O/c15-11(10-3-1-4-13-9-10)14-7-2-5-12-6-8-14/h10,13H,1-9H2. The molecule has 1 unspecified atom stereocenters. The molecule has 0 aromatic heterocycles. The van der Waals surface area contributed by atoms with Crippen LogP contribution < -0.4 is 10.6 Å². The van der Waals surface area contributed by atoms with E-state index in [1.54, 1.807) is 0 Å². The number of rotatable bonds is 1. The highest BCUT2D eigenvalue weighted by atomic mass is 16.2. The fourth-order valence-corrected chi connectivity index (χ4v) is 2.33. The van der Waals surface area contributed by atoms with Crippen molar-refractivity contribution < 1.29 is 4.79 Å². The molecule has 85 valence electrons.